The van der Waals surface area contributed by atoms with E-state index in [1.54, 1.807) is 6.07 Å². The Bertz CT molecular complexity index is 712. The number of benzene rings is 1. The van der Waals surface area contributed by atoms with Gasteiger partial charge in [0.1, 0.15) is 0 Å². The molecule has 2 rings (SSSR count). The van der Waals surface area contributed by atoms with E-state index in [9.17, 15) is 0 Å². The van der Waals surface area contributed by atoms with Crippen molar-refractivity contribution in [1.29, 1.82) is 0 Å². The van der Waals surface area contributed by atoms with Crippen molar-refractivity contribution < 1.29 is 7.48 Å². The van der Waals surface area contributed by atoms with Gasteiger partial charge in [-0.3, -0.25) is 0 Å². The van der Waals surface area contributed by atoms with Crippen molar-refractivity contribution in [3.05, 3.63) is 38.9 Å². The molecule has 0 radical (unpaired) electrons. The summed E-state index contributed by atoms with van der Waals surface area (Å²) in [5.74, 6) is 0.167. The lowest BCUT2D eigenvalue weighted by Crippen LogP contribution is -1.98. The quantitative estimate of drug-likeness (QED) is 0.808. The Morgan fingerprint density at radius 1 is 1.20 bits per heavy atom. The van der Waals surface area contributed by atoms with Gasteiger partial charge in [0, 0.05) is 11.8 Å². The van der Waals surface area contributed by atoms with Gasteiger partial charge in [0.15, 0.2) is 10.9 Å². The number of nitrogen functional groups attached to an aromatic ring is 1. The maximum atomic E-state index is 7.76. The summed E-state index contributed by atoms with van der Waals surface area (Å²) in [5, 5.41) is 7.69. The second-order valence-corrected chi connectivity index (χ2v) is 5.42. The van der Waals surface area contributed by atoms with Gasteiger partial charge in [0.25, 0.3) is 0 Å². The van der Waals surface area contributed by atoms with Crippen LogP contribution in [-0.2, 0) is 0 Å². The molecule has 0 bridgehead atoms. The maximum absolute atomic E-state index is 7.76. The van der Waals surface area contributed by atoms with Gasteiger partial charge in [0.2, 0.25) is 5.88 Å². The number of halogens is 3. The third-order valence-corrected chi connectivity index (χ3v) is 3.30. The van der Waals surface area contributed by atoms with E-state index in [0.717, 1.165) is 5.56 Å². The average Bonchev–Trinajstić information content (AvgIpc) is 2.49. The number of hydrogen-bond donors (Lipinski definition) is 1. The number of hydrogen-bond acceptors (Lipinski definition) is 4. The summed E-state index contributed by atoms with van der Waals surface area (Å²) in [6.45, 7) is 3.89. The Labute approximate surface area is 134 Å². The lowest BCUT2D eigenvalue weighted by Gasteiger charge is -2.11. The van der Waals surface area contributed by atoms with Gasteiger partial charge in [-0.1, -0.05) is 48.7 Å². The molecule has 4 nitrogen and oxygen atoms in total. The first-order valence-electron chi connectivity index (χ1n) is 6.68. The van der Waals surface area contributed by atoms with E-state index in [4.69, 9.17) is 48.0 Å². The fourth-order valence-corrected chi connectivity index (χ4v) is 2.33. The van der Waals surface area contributed by atoms with Gasteiger partial charge in [0.05, 0.1) is 12.8 Å². The molecule has 0 atom stereocenters. The number of ether oxygens (including phenoxy) is 1. The van der Waals surface area contributed by atoms with E-state index in [-0.39, 0.29) is 50.5 Å². The fourth-order valence-electron chi connectivity index (χ4n) is 1.50. The molecule has 106 valence electrons. The first kappa shape index (κ1) is 12.5. The van der Waals surface area contributed by atoms with Crippen LogP contribution in [0.5, 0.6) is 11.6 Å². The van der Waals surface area contributed by atoms with Crippen LogP contribution >= 0.6 is 34.8 Å². The van der Waals surface area contributed by atoms with Crippen molar-refractivity contribution >= 4 is 40.5 Å². The maximum Gasteiger partial charge on any atom is 0.239 e. The SMILES string of the molecule is [2H]c1c(N)c([2H])c(Cl)c(Oc2cc(C(C)C)c(Cl)nn2)c1Cl. The molecule has 0 unspecified atom stereocenters. The molecule has 0 fully saturated rings. The highest BCUT2D eigenvalue weighted by Crippen LogP contribution is 2.38. The highest BCUT2D eigenvalue weighted by atomic mass is 35.5. The molecule has 1 aromatic heterocycles. The first-order valence-corrected chi connectivity index (χ1v) is 6.82. The fraction of sp³-hybridized carbons (Fsp3) is 0.231. The van der Waals surface area contributed by atoms with Gasteiger partial charge in [-0.05, 0) is 23.6 Å². The lowest BCUT2D eigenvalue weighted by atomic mass is 10.1. The Morgan fingerprint density at radius 3 is 2.35 bits per heavy atom. The van der Waals surface area contributed by atoms with Crippen LogP contribution in [-0.4, -0.2) is 10.2 Å². The van der Waals surface area contributed by atoms with E-state index >= 15 is 0 Å². The molecule has 1 heterocycles. The molecular weight excluding hydrogens is 321 g/mol. The predicted octanol–water partition coefficient (Wildman–Crippen LogP) is 4.93. The molecule has 1 aromatic carbocycles. The molecule has 0 amide bonds. The van der Waals surface area contributed by atoms with Gasteiger partial charge in [-0.15, -0.1) is 10.2 Å². The van der Waals surface area contributed by atoms with Crippen LogP contribution in [0, 0.1) is 0 Å². The number of nitrogens with two attached hydrogens (primary N) is 1. The Hall–Kier alpha value is -1.23. The predicted molar refractivity (Wildman–Crippen MR) is 82.1 cm³/mol. The highest BCUT2D eigenvalue weighted by Gasteiger charge is 2.14. The van der Waals surface area contributed by atoms with Crippen LogP contribution < -0.4 is 10.5 Å². The molecule has 2 aromatic rings. The second-order valence-electron chi connectivity index (χ2n) is 4.31. The largest absolute Gasteiger partial charge is 0.434 e. The summed E-state index contributed by atoms with van der Waals surface area (Å²) in [6, 6.07) is 1.16. The summed E-state index contributed by atoms with van der Waals surface area (Å²) in [5.41, 5.74) is 6.21. The minimum Gasteiger partial charge on any atom is -0.434 e. The minimum absolute atomic E-state index is 0.0566. The molecule has 20 heavy (non-hydrogen) atoms. The summed E-state index contributed by atoms with van der Waals surface area (Å²) in [4.78, 5) is 0. The Morgan fingerprint density at radius 2 is 1.80 bits per heavy atom. The molecular formula is C13H12Cl3N3O. The van der Waals surface area contributed by atoms with Gasteiger partial charge < -0.3 is 10.5 Å². The molecule has 0 aliphatic carbocycles. The normalized spacial score (nSPS) is 12.3. The highest BCUT2D eigenvalue weighted by molar-refractivity contribution is 6.37. The van der Waals surface area contributed by atoms with Crippen molar-refractivity contribution in [2.45, 2.75) is 19.8 Å². The minimum atomic E-state index is -0.225. The number of aromatic nitrogens is 2. The zero-order chi connectivity index (χ0) is 16.6. The van der Waals surface area contributed by atoms with Crippen molar-refractivity contribution in [3.63, 3.8) is 0 Å². The van der Waals surface area contributed by atoms with Gasteiger partial charge in [-0.2, -0.15) is 0 Å². The molecule has 7 heteroatoms. The molecule has 0 aliphatic rings. The van der Waals surface area contributed by atoms with Crippen LogP contribution in [0.2, 0.25) is 15.2 Å². The molecule has 0 saturated heterocycles. The van der Waals surface area contributed by atoms with Crippen LogP contribution in [0.25, 0.3) is 0 Å². The number of anilines is 1. The average molecular weight is 335 g/mol. The molecule has 0 aliphatic heterocycles. The third kappa shape index (κ3) is 3.26. The van der Waals surface area contributed by atoms with Crippen LogP contribution in [0.3, 0.4) is 0 Å². The van der Waals surface area contributed by atoms with Crippen molar-refractivity contribution in [2.24, 2.45) is 0 Å². The van der Waals surface area contributed by atoms with E-state index in [1.807, 2.05) is 13.8 Å². The summed E-state index contributed by atoms with van der Waals surface area (Å²) in [7, 11) is 0. The van der Waals surface area contributed by atoms with E-state index in [0.29, 0.717) is 0 Å². The monoisotopic (exact) mass is 333 g/mol. The van der Waals surface area contributed by atoms with E-state index < -0.39 is 0 Å². The zero-order valence-corrected chi connectivity index (χ0v) is 12.9. The van der Waals surface area contributed by atoms with Crippen molar-refractivity contribution in [1.82, 2.24) is 10.2 Å². The van der Waals surface area contributed by atoms with Crippen LogP contribution in [0.15, 0.2) is 18.2 Å². The van der Waals surface area contributed by atoms with Crippen LogP contribution in [0.1, 0.15) is 28.1 Å². The molecule has 0 saturated carbocycles. The molecule has 2 N–H and O–H groups in total. The van der Waals surface area contributed by atoms with Gasteiger partial charge >= 0.3 is 0 Å². The Balaban J connectivity index is 2.50. The second kappa shape index (κ2) is 6.04. The summed E-state index contributed by atoms with van der Waals surface area (Å²) < 4.78 is 21.0. The molecule has 0 spiro atoms. The van der Waals surface area contributed by atoms with E-state index in [1.165, 1.54) is 0 Å². The number of rotatable bonds is 3. The summed E-state index contributed by atoms with van der Waals surface area (Å²) >= 11 is 18.0. The standard InChI is InChI=1S/C13H12Cl3N3O/c1-6(2)8-5-11(18-19-13(8)16)20-12-9(14)3-7(17)4-10(12)15/h3-6H,17H2,1-2H3/i3D,4D. The van der Waals surface area contributed by atoms with E-state index in [2.05, 4.69) is 10.2 Å². The van der Waals surface area contributed by atoms with Gasteiger partial charge in [-0.25, -0.2) is 0 Å². The van der Waals surface area contributed by atoms with Crippen molar-refractivity contribution in [3.8, 4) is 11.6 Å². The smallest absolute Gasteiger partial charge is 0.239 e. The third-order valence-electron chi connectivity index (χ3n) is 2.47. The number of nitrogens with zero attached hydrogens (tertiary/aromatic N) is 2. The summed E-state index contributed by atoms with van der Waals surface area (Å²) in [6.07, 6.45) is 0. The van der Waals surface area contributed by atoms with Crippen LogP contribution in [0.4, 0.5) is 5.69 Å². The zero-order valence-electron chi connectivity index (χ0n) is 12.7. The van der Waals surface area contributed by atoms with Crippen molar-refractivity contribution in [2.75, 3.05) is 5.73 Å². The lowest BCUT2D eigenvalue weighted by molar-refractivity contribution is 0.454. The topological polar surface area (TPSA) is 61.0 Å². The first-order chi connectivity index (χ1) is 10.2. The Kier molecular flexibility index (Phi) is 3.78.